The number of aromatic nitrogens is 1. The quantitative estimate of drug-likeness (QED) is 0.457. The van der Waals surface area contributed by atoms with Gasteiger partial charge in [0.1, 0.15) is 5.75 Å². The second kappa shape index (κ2) is 8.99. The van der Waals surface area contributed by atoms with Crippen LogP contribution in [-0.2, 0) is 16.0 Å². The first-order valence-electron chi connectivity index (χ1n) is 8.79. The molecule has 0 amide bonds. The molecule has 25 heavy (non-hydrogen) atoms. The molecule has 4 nitrogen and oxygen atoms in total. The molecule has 5 heteroatoms. The maximum atomic E-state index is 11.5. The number of allylic oxidation sites excluding steroid dienone is 1. The van der Waals surface area contributed by atoms with Gasteiger partial charge >= 0.3 is 5.97 Å². The second-order valence-electron chi connectivity index (χ2n) is 6.63. The van der Waals surface area contributed by atoms with Crippen LogP contribution in [0.5, 0.6) is 5.75 Å². The van der Waals surface area contributed by atoms with Crippen molar-refractivity contribution in [2.24, 2.45) is 5.41 Å². The molecule has 0 aliphatic rings. The van der Waals surface area contributed by atoms with E-state index in [4.69, 9.17) is 9.47 Å². The highest BCUT2D eigenvalue weighted by Crippen LogP contribution is 2.28. The van der Waals surface area contributed by atoms with E-state index in [0.29, 0.717) is 26.1 Å². The van der Waals surface area contributed by atoms with Crippen LogP contribution in [0.1, 0.15) is 45.5 Å². The van der Waals surface area contributed by atoms with Gasteiger partial charge in [0.05, 0.1) is 34.9 Å². The summed E-state index contributed by atoms with van der Waals surface area (Å²) in [4.78, 5) is 16.0. The lowest BCUT2D eigenvalue weighted by Crippen LogP contribution is -2.18. The molecule has 0 fully saturated rings. The lowest BCUT2D eigenvalue weighted by molar-refractivity contribution is -0.143. The molecule has 0 aliphatic heterocycles. The van der Waals surface area contributed by atoms with E-state index in [-0.39, 0.29) is 11.4 Å². The predicted molar refractivity (Wildman–Crippen MR) is 103 cm³/mol. The molecular formula is C20H27NO3S. The van der Waals surface area contributed by atoms with Gasteiger partial charge in [-0.15, -0.1) is 11.3 Å². The Kier molecular flexibility index (Phi) is 7.00. The maximum absolute atomic E-state index is 11.5. The van der Waals surface area contributed by atoms with Crippen LogP contribution in [0.4, 0.5) is 0 Å². The minimum Gasteiger partial charge on any atom is -0.493 e. The van der Waals surface area contributed by atoms with Crippen LogP contribution < -0.4 is 4.74 Å². The number of aryl methyl sites for hydroxylation is 1. The summed E-state index contributed by atoms with van der Waals surface area (Å²) >= 11 is 1.61. The fourth-order valence-electron chi connectivity index (χ4n) is 2.35. The van der Waals surface area contributed by atoms with Crippen LogP contribution in [0.2, 0.25) is 0 Å². The number of ether oxygens (including phenoxy) is 2. The van der Waals surface area contributed by atoms with Gasteiger partial charge in [-0.1, -0.05) is 32.9 Å². The zero-order valence-electron chi connectivity index (χ0n) is 15.5. The molecule has 0 aliphatic carbocycles. The third-order valence-corrected chi connectivity index (χ3v) is 4.75. The number of carbonyl (C=O) groups excluding carboxylic acids is 1. The van der Waals surface area contributed by atoms with Gasteiger partial charge in [0.2, 0.25) is 0 Å². The van der Waals surface area contributed by atoms with E-state index < -0.39 is 0 Å². The van der Waals surface area contributed by atoms with E-state index in [1.54, 1.807) is 11.3 Å². The van der Waals surface area contributed by atoms with Crippen LogP contribution >= 0.6 is 11.3 Å². The molecule has 0 atom stereocenters. The first kappa shape index (κ1) is 19.4. The number of nitrogens with zero attached hydrogens (tertiary/aromatic N) is 1. The molecule has 136 valence electrons. The van der Waals surface area contributed by atoms with E-state index in [1.807, 2.05) is 25.1 Å². The number of hydrogen-bond acceptors (Lipinski definition) is 5. The monoisotopic (exact) mass is 361 g/mol. The van der Waals surface area contributed by atoms with Crippen molar-refractivity contribution in [3.8, 4) is 5.75 Å². The molecule has 1 aromatic carbocycles. The number of benzene rings is 1. The first-order valence-corrected chi connectivity index (χ1v) is 9.60. The van der Waals surface area contributed by atoms with E-state index in [1.165, 1.54) is 0 Å². The van der Waals surface area contributed by atoms with Crippen LogP contribution in [-0.4, -0.2) is 24.2 Å². The van der Waals surface area contributed by atoms with Crippen LogP contribution in [0.15, 0.2) is 30.4 Å². The van der Waals surface area contributed by atoms with Gasteiger partial charge in [-0.2, -0.15) is 0 Å². The minimum absolute atomic E-state index is 0.00344. The summed E-state index contributed by atoms with van der Waals surface area (Å²) < 4.78 is 12.0. The number of rotatable bonds is 9. The largest absolute Gasteiger partial charge is 0.493 e. The van der Waals surface area contributed by atoms with Crippen molar-refractivity contribution in [2.75, 3.05) is 13.2 Å². The molecule has 0 N–H and O–H groups in total. The fourth-order valence-corrected chi connectivity index (χ4v) is 3.34. The zero-order chi connectivity index (χ0) is 18.3. The molecule has 0 bridgehead atoms. The highest BCUT2D eigenvalue weighted by atomic mass is 32.1. The van der Waals surface area contributed by atoms with E-state index >= 15 is 0 Å². The van der Waals surface area contributed by atoms with Crippen molar-refractivity contribution in [2.45, 2.75) is 47.0 Å². The van der Waals surface area contributed by atoms with Gasteiger partial charge < -0.3 is 9.47 Å². The Bertz CT molecular complexity index is 734. The van der Waals surface area contributed by atoms with Crippen molar-refractivity contribution in [3.05, 3.63) is 35.4 Å². The summed E-state index contributed by atoms with van der Waals surface area (Å²) in [6.45, 7) is 9.32. The number of hydrogen-bond donors (Lipinski definition) is 0. The first-order chi connectivity index (χ1) is 11.9. The van der Waals surface area contributed by atoms with Crippen molar-refractivity contribution >= 4 is 27.5 Å². The Morgan fingerprint density at radius 2 is 2.12 bits per heavy atom. The normalized spacial score (nSPS) is 12.0. The number of thiazole rings is 1. The minimum atomic E-state index is -0.173. The molecule has 0 saturated heterocycles. The van der Waals surface area contributed by atoms with Crippen molar-refractivity contribution < 1.29 is 14.3 Å². The average molecular weight is 362 g/mol. The SMILES string of the molecule is CC/C=C\C(C)(C)COc1ccc2nc(CCC(=O)OCC)sc2c1. The Hall–Kier alpha value is -1.88. The van der Waals surface area contributed by atoms with E-state index in [0.717, 1.165) is 27.4 Å². The summed E-state index contributed by atoms with van der Waals surface area (Å²) in [5.74, 6) is 0.680. The predicted octanol–water partition coefficient (Wildman–Crippen LogP) is 5.16. The lowest BCUT2D eigenvalue weighted by Gasteiger charge is -2.20. The van der Waals surface area contributed by atoms with Gasteiger partial charge in [-0.25, -0.2) is 4.98 Å². The third-order valence-electron chi connectivity index (χ3n) is 3.67. The smallest absolute Gasteiger partial charge is 0.306 e. The summed E-state index contributed by atoms with van der Waals surface area (Å²) in [6, 6.07) is 5.96. The number of esters is 1. The summed E-state index contributed by atoms with van der Waals surface area (Å²) in [5.41, 5.74) is 0.949. The molecule has 0 unspecified atom stereocenters. The van der Waals surface area contributed by atoms with Crippen LogP contribution in [0, 0.1) is 5.41 Å². The van der Waals surface area contributed by atoms with Crippen LogP contribution in [0.3, 0.4) is 0 Å². The molecule has 0 spiro atoms. The highest BCUT2D eigenvalue weighted by molar-refractivity contribution is 7.18. The van der Waals surface area contributed by atoms with Crippen molar-refractivity contribution in [3.63, 3.8) is 0 Å². The topological polar surface area (TPSA) is 48.4 Å². The van der Waals surface area contributed by atoms with Gasteiger partial charge in [-0.3, -0.25) is 4.79 Å². The van der Waals surface area contributed by atoms with Crippen LogP contribution in [0.25, 0.3) is 10.2 Å². The van der Waals surface area contributed by atoms with Gasteiger partial charge in [0.25, 0.3) is 0 Å². The van der Waals surface area contributed by atoms with Gasteiger partial charge in [0, 0.05) is 11.8 Å². The van der Waals surface area contributed by atoms with Crippen molar-refractivity contribution in [1.29, 1.82) is 0 Å². The molecule has 2 aromatic rings. The Labute approximate surface area is 153 Å². The Morgan fingerprint density at radius 3 is 2.84 bits per heavy atom. The van der Waals surface area contributed by atoms with E-state index in [2.05, 4.69) is 37.9 Å². The number of fused-ring (bicyclic) bond motifs is 1. The Balaban J connectivity index is 1.99. The molecule has 2 rings (SSSR count). The molecule has 0 saturated carbocycles. The van der Waals surface area contributed by atoms with Gasteiger partial charge in [0.15, 0.2) is 0 Å². The second-order valence-corrected chi connectivity index (χ2v) is 7.75. The third kappa shape index (κ3) is 6.16. The lowest BCUT2D eigenvalue weighted by atomic mass is 9.94. The fraction of sp³-hybridized carbons (Fsp3) is 0.500. The zero-order valence-corrected chi connectivity index (χ0v) is 16.3. The number of carbonyl (C=O) groups is 1. The highest BCUT2D eigenvalue weighted by Gasteiger charge is 2.15. The summed E-state index contributed by atoms with van der Waals surface area (Å²) in [5, 5.41) is 0.950. The van der Waals surface area contributed by atoms with Gasteiger partial charge in [-0.05, 0) is 31.5 Å². The van der Waals surface area contributed by atoms with E-state index in [9.17, 15) is 4.79 Å². The standard InChI is InChI=1S/C20H27NO3S/c1-5-7-12-20(3,4)14-24-15-8-9-16-17(13-15)25-18(21-16)10-11-19(22)23-6-2/h7-9,12-13H,5-6,10-11,14H2,1-4H3/b12-7-. The summed E-state index contributed by atoms with van der Waals surface area (Å²) in [6.07, 6.45) is 6.39. The molecule has 1 heterocycles. The van der Waals surface area contributed by atoms with Crippen molar-refractivity contribution in [1.82, 2.24) is 4.98 Å². The molecule has 1 aromatic heterocycles. The average Bonchev–Trinajstić information content (AvgIpc) is 2.99. The molecular weight excluding hydrogens is 334 g/mol. The molecule has 0 radical (unpaired) electrons. The Morgan fingerprint density at radius 1 is 1.32 bits per heavy atom. The maximum Gasteiger partial charge on any atom is 0.306 e. The summed E-state index contributed by atoms with van der Waals surface area (Å²) in [7, 11) is 0.